The molecule has 0 amide bonds. The first-order valence-corrected chi connectivity index (χ1v) is 6.03. The molecule has 2 N–H and O–H groups in total. The van der Waals surface area contributed by atoms with Gasteiger partial charge in [0.25, 0.3) is 0 Å². The number of nitrogens with zero attached hydrogens (tertiary/aromatic N) is 2. The van der Waals surface area contributed by atoms with Gasteiger partial charge in [0, 0.05) is 6.04 Å². The number of hydrogen-bond acceptors (Lipinski definition) is 4. The smallest absolute Gasteiger partial charge is 0.148 e. The normalized spacial score (nSPS) is 22.8. The van der Waals surface area contributed by atoms with Crippen molar-refractivity contribution in [2.75, 3.05) is 18.4 Å². The van der Waals surface area contributed by atoms with Crippen LogP contribution in [0.2, 0.25) is 0 Å². The van der Waals surface area contributed by atoms with Crippen LogP contribution in [0.1, 0.15) is 25.5 Å². The molecule has 0 bridgehead atoms. The Morgan fingerprint density at radius 2 is 2.31 bits per heavy atom. The number of aromatic nitrogens is 2. The molecule has 0 spiro atoms. The van der Waals surface area contributed by atoms with Crippen LogP contribution in [0.4, 0.5) is 5.82 Å². The number of nitrogens with one attached hydrogen (secondary N) is 2. The maximum absolute atomic E-state index is 4.13. The van der Waals surface area contributed by atoms with E-state index < -0.39 is 0 Å². The summed E-state index contributed by atoms with van der Waals surface area (Å²) in [5.41, 5.74) is 0.956. The standard InChI is InChI=1S/C12H20N4/c1-9-5-6-12(16-15-9)14-10(2)11-4-3-7-13-8-11/h5-6,10-11,13H,3-4,7-8H2,1-2H3,(H,14,16). The molecule has 4 nitrogen and oxygen atoms in total. The first kappa shape index (κ1) is 11.3. The Morgan fingerprint density at radius 3 is 2.94 bits per heavy atom. The van der Waals surface area contributed by atoms with Crippen molar-refractivity contribution in [3.05, 3.63) is 17.8 Å². The summed E-state index contributed by atoms with van der Waals surface area (Å²) in [5, 5.41) is 15.0. The monoisotopic (exact) mass is 220 g/mol. The van der Waals surface area contributed by atoms with Crippen molar-refractivity contribution in [1.29, 1.82) is 0 Å². The third kappa shape index (κ3) is 2.92. The molecule has 16 heavy (non-hydrogen) atoms. The van der Waals surface area contributed by atoms with E-state index in [1.807, 2.05) is 19.1 Å². The largest absolute Gasteiger partial charge is 0.366 e. The van der Waals surface area contributed by atoms with Crippen LogP contribution in [0.15, 0.2) is 12.1 Å². The molecule has 1 fully saturated rings. The quantitative estimate of drug-likeness (QED) is 0.812. The zero-order valence-electron chi connectivity index (χ0n) is 10.0. The molecule has 1 aromatic heterocycles. The van der Waals surface area contributed by atoms with Crippen LogP contribution in [-0.4, -0.2) is 29.3 Å². The van der Waals surface area contributed by atoms with Gasteiger partial charge in [-0.1, -0.05) is 0 Å². The molecular weight excluding hydrogens is 200 g/mol. The minimum atomic E-state index is 0.449. The van der Waals surface area contributed by atoms with Crippen LogP contribution in [0.3, 0.4) is 0 Å². The van der Waals surface area contributed by atoms with Crippen LogP contribution in [0.25, 0.3) is 0 Å². The fraction of sp³-hybridized carbons (Fsp3) is 0.667. The Kier molecular flexibility index (Phi) is 3.72. The van der Waals surface area contributed by atoms with Gasteiger partial charge in [0.2, 0.25) is 0 Å². The molecule has 4 heteroatoms. The Bertz CT molecular complexity index is 316. The van der Waals surface area contributed by atoms with Crippen LogP contribution >= 0.6 is 0 Å². The molecule has 88 valence electrons. The van der Waals surface area contributed by atoms with Crippen LogP contribution in [0.5, 0.6) is 0 Å². The summed E-state index contributed by atoms with van der Waals surface area (Å²) in [6.07, 6.45) is 2.57. The van der Waals surface area contributed by atoms with Crippen LogP contribution in [-0.2, 0) is 0 Å². The average Bonchev–Trinajstić information content (AvgIpc) is 2.33. The SMILES string of the molecule is Cc1ccc(NC(C)C2CCCNC2)nn1. The van der Waals surface area contributed by atoms with Gasteiger partial charge in [0.1, 0.15) is 5.82 Å². The highest BCUT2D eigenvalue weighted by molar-refractivity contribution is 5.34. The summed E-state index contributed by atoms with van der Waals surface area (Å²) in [4.78, 5) is 0. The van der Waals surface area contributed by atoms with E-state index in [0.29, 0.717) is 12.0 Å². The first-order valence-electron chi connectivity index (χ1n) is 6.03. The predicted molar refractivity (Wildman–Crippen MR) is 65.4 cm³/mol. The van der Waals surface area contributed by atoms with E-state index in [2.05, 4.69) is 27.8 Å². The van der Waals surface area contributed by atoms with E-state index >= 15 is 0 Å². The summed E-state index contributed by atoms with van der Waals surface area (Å²) in [6, 6.07) is 4.43. The van der Waals surface area contributed by atoms with Crippen molar-refractivity contribution in [3.63, 3.8) is 0 Å². The van der Waals surface area contributed by atoms with E-state index in [0.717, 1.165) is 24.6 Å². The molecule has 1 aliphatic heterocycles. The van der Waals surface area contributed by atoms with Crippen molar-refractivity contribution in [1.82, 2.24) is 15.5 Å². The van der Waals surface area contributed by atoms with E-state index in [1.165, 1.54) is 12.8 Å². The topological polar surface area (TPSA) is 49.8 Å². The number of rotatable bonds is 3. The zero-order chi connectivity index (χ0) is 11.4. The van der Waals surface area contributed by atoms with Gasteiger partial charge in [-0.15, -0.1) is 5.10 Å². The molecule has 0 radical (unpaired) electrons. The summed E-state index contributed by atoms with van der Waals surface area (Å²) < 4.78 is 0. The number of hydrogen-bond donors (Lipinski definition) is 2. The lowest BCUT2D eigenvalue weighted by molar-refractivity contribution is 0.346. The van der Waals surface area contributed by atoms with Crippen LogP contribution < -0.4 is 10.6 Å². The number of anilines is 1. The molecule has 2 heterocycles. The van der Waals surface area contributed by atoms with Crippen molar-refractivity contribution in [2.45, 2.75) is 32.7 Å². The third-order valence-electron chi connectivity index (χ3n) is 3.22. The molecule has 1 saturated heterocycles. The minimum Gasteiger partial charge on any atom is -0.366 e. The van der Waals surface area contributed by atoms with Gasteiger partial charge < -0.3 is 10.6 Å². The summed E-state index contributed by atoms with van der Waals surface area (Å²) >= 11 is 0. The lowest BCUT2D eigenvalue weighted by Crippen LogP contribution is -2.38. The molecule has 1 aliphatic rings. The zero-order valence-corrected chi connectivity index (χ0v) is 10.0. The maximum Gasteiger partial charge on any atom is 0.148 e. The number of aryl methyl sites for hydroxylation is 1. The fourth-order valence-corrected chi connectivity index (χ4v) is 2.13. The van der Waals surface area contributed by atoms with E-state index in [4.69, 9.17) is 0 Å². The van der Waals surface area contributed by atoms with Gasteiger partial charge in [-0.2, -0.15) is 5.10 Å². The molecular formula is C12H20N4. The molecule has 2 rings (SSSR count). The molecule has 2 unspecified atom stereocenters. The predicted octanol–water partition coefficient (Wildman–Crippen LogP) is 1.59. The lowest BCUT2D eigenvalue weighted by atomic mass is 9.93. The van der Waals surface area contributed by atoms with Crippen molar-refractivity contribution < 1.29 is 0 Å². The van der Waals surface area contributed by atoms with Gasteiger partial charge in [-0.05, 0) is 57.8 Å². The first-order chi connectivity index (χ1) is 7.75. The maximum atomic E-state index is 4.13. The fourth-order valence-electron chi connectivity index (χ4n) is 2.13. The van der Waals surface area contributed by atoms with Gasteiger partial charge >= 0.3 is 0 Å². The lowest BCUT2D eigenvalue weighted by Gasteiger charge is -2.29. The molecule has 0 aromatic carbocycles. The molecule has 0 saturated carbocycles. The van der Waals surface area contributed by atoms with Gasteiger partial charge in [-0.3, -0.25) is 0 Å². The minimum absolute atomic E-state index is 0.449. The second-order valence-electron chi connectivity index (χ2n) is 4.60. The Morgan fingerprint density at radius 1 is 1.44 bits per heavy atom. The second kappa shape index (κ2) is 5.25. The van der Waals surface area contributed by atoms with E-state index in [9.17, 15) is 0 Å². The Labute approximate surface area is 96.9 Å². The third-order valence-corrected chi connectivity index (χ3v) is 3.22. The van der Waals surface area contributed by atoms with E-state index in [-0.39, 0.29) is 0 Å². The summed E-state index contributed by atoms with van der Waals surface area (Å²) in [7, 11) is 0. The summed E-state index contributed by atoms with van der Waals surface area (Å²) in [5.74, 6) is 1.57. The highest BCUT2D eigenvalue weighted by atomic mass is 15.2. The van der Waals surface area contributed by atoms with Crippen LogP contribution in [0, 0.1) is 12.8 Å². The van der Waals surface area contributed by atoms with Gasteiger partial charge in [-0.25, -0.2) is 0 Å². The number of piperidine rings is 1. The average molecular weight is 220 g/mol. The Balaban J connectivity index is 1.90. The molecule has 2 atom stereocenters. The molecule has 0 aliphatic carbocycles. The van der Waals surface area contributed by atoms with Gasteiger partial charge in [0.05, 0.1) is 5.69 Å². The van der Waals surface area contributed by atoms with Crippen molar-refractivity contribution in [2.24, 2.45) is 5.92 Å². The Hall–Kier alpha value is -1.16. The highest BCUT2D eigenvalue weighted by Gasteiger charge is 2.19. The molecule has 1 aromatic rings. The van der Waals surface area contributed by atoms with Crippen molar-refractivity contribution >= 4 is 5.82 Å². The van der Waals surface area contributed by atoms with E-state index in [1.54, 1.807) is 0 Å². The van der Waals surface area contributed by atoms with Crippen molar-refractivity contribution in [3.8, 4) is 0 Å². The highest BCUT2D eigenvalue weighted by Crippen LogP contribution is 2.17. The van der Waals surface area contributed by atoms with Gasteiger partial charge in [0.15, 0.2) is 0 Å². The second-order valence-corrected chi connectivity index (χ2v) is 4.60. The summed E-state index contributed by atoms with van der Waals surface area (Å²) in [6.45, 7) is 6.44.